The van der Waals surface area contributed by atoms with E-state index in [0.29, 0.717) is 11.4 Å². The van der Waals surface area contributed by atoms with Gasteiger partial charge in [-0.2, -0.15) is 0 Å². The molecule has 2 N–H and O–H groups in total. The van der Waals surface area contributed by atoms with E-state index in [2.05, 4.69) is 58.6 Å². The lowest BCUT2D eigenvalue weighted by Crippen LogP contribution is -2.55. The van der Waals surface area contributed by atoms with Gasteiger partial charge in [0.25, 0.3) is 0 Å². The third-order valence-electron chi connectivity index (χ3n) is 6.66. The first-order chi connectivity index (χ1) is 12.8. The Morgan fingerprint density at radius 2 is 1.61 bits per heavy atom. The molecular formula is C22H32N2O4. The van der Waals surface area contributed by atoms with Crippen LogP contribution in [0.4, 0.5) is 9.59 Å². The normalized spacial score (nSPS) is 30.0. The van der Waals surface area contributed by atoms with E-state index in [1.165, 1.54) is 5.56 Å². The zero-order valence-electron chi connectivity index (χ0n) is 17.6. The molecule has 2 aliphatic rings. The van der Waals surface area contributed by atoms with E-state index in [4.69, 9.17) is 0 Å². The SMILES string of the molecule is CC(C)(C)C1N(Cc2ccccc2)C[C@H]2[C@H](N(C(=O)O)C(=O)O)[C@@]12C(C)(C)C. The van der Waals surface area contributed by atoms with Crippen LogP contribution in [0.2, 0.25) is 0 Å². The highest BCUT2D eigenvalue weighted by molar-refractivity contribution is 5.87. The van der Waals surface area contributed by atoms with Gasteiger partial charge in [-0.1, -0.05) is 71.9 Å². The van der Waals surface area contributed by atoms with Crippen LogP contribution in [-0.4, -0.2) is 50.8 Å². The molecule has 0 spiro atoms. The molecule has 1 heterocycles. The summed E-state index contributed by atoms with van der Waals surface area (Å²) in [7, 11) is 0. The summed E-state index contributed by atoms with van der Waals surface area (Å²) >= 11 is 0. The molecule has 1 aromatic carbocycles. The molecule has 0 radical (unpaired) electrons. The molecule has 0 bridgehead atoms. The Morgan fingerprint density at radius 3 is 2.04 bits per heavy atom. The van der Waals surface area contributed by atoms with Crippen LogP contribution in [0.1, 0.15) is 47.1 Å². The van der Waals surface area contributed by atoms with E-state index in [0.717, 1.165) is 6.54 Å². The number of carboxylic acid groups (broad SMARTS) is 2. The van der Waals surface area contributed by atoms with Crippen LogP contribution >= 0.6 is 0 Å². The molecule has 6 heteroatoms. The highest BCUT2D eigenvalue weighted by Gasteiger charge is 2.81. The molecule has 4 atom stereocenters. The second-order valence-electron chi connectivity index (χ2n) is 10.4. The summed E-state index contributed by atoms with van der Waals surface area (Å²) < 4.78 is 0. The van der Waals surface area contributed by atoms with Gasteiger partial charge in [-0.05, 0) is 16.4 Å². The van der Waals surface area contributed by atoms with E-state index in [1.807, 2.05) is 18.2 Å². The van der Waals surface area contributed by atoms with Crippen molar-refractivity contribution in [1.29, 1.82) is 0 Å². The third-order valence-corrected chi connectivity index (χ3v) is 6.66. The smallest absolute Gasteiger partial charge is 0.417 e. The minimum atomic E-state index is -1.38. The Bertz CT molecular complexity index is 751. The summed E-state index contributed by atoms with van der Waals surface area (Å²) in [5, 5.41) is 19.2. The largest absolute Gasteiger partial charge is 0.465 e. The van der Waals surface area contributed by atoms with E-state index in [9.17, 15) is 19.8 Å². The monoisotopic (exact) mass is 388 g/mol. The van der Waals surface area contributed by atoms with Crippen molar-refractivity contribution in [2.75, 3.05) is 6.54 Å². The zero-order chi connectivity index (χ0) is 21.1. The first-order valence-corrected chi connectivity index (χ1v) is 9.86. The minimum Gasteiger partial charge on any atom is -0.465 e. The highest BCUT2D eigenvalue weighted by Crippen LogP contribution is 2.74. The van der Waals surface area contributed by atoms with Gasteiger partial charge in [-0.25, -0.2) is 14.5 Å². The Hall–Kier alpha value is -2.08. The number of carbonyl (C=O) groups is 2. The Kier molecular flexibility index (Phi) is 4.78. The number of amides is 2. The molecule has 1 unspecified atom stereocenters. The van der Waals surface area contributed by atoms with Gasteiger partial charge < -0.3 is 10.2 Å². The van der Waals surface area contributed by atoms with Crippen molar-refractivity contribution in [2.45, 2.75) is 60.2 Å². The maximum Gasteiger partial charge on any atom is 0.417 e. The van der Waals surface area contributed by atoms with Crippen LogP contribution in [0.15, 0.2) is 30.3 Å². The number of hydrogen-bond donors (Lipinski definition) is 2. The fourth-order valence-electron chi connectivity index (χ4n) is 6.10. The number of benzene rings is 1. The number of likely N-dealkylation sites (tertiary alicyclic amines) is 1. The lowest BCUT2D eigenvalue weighted by molar-refractivity contribution is -0.000691. The van der Waals surface area contributed by atoms with E-state index in [-0.39, 0.29) is 22.8 Å². The number of imide groups is 1. The van der Waals surface area contributed by atoms with Crippen LogP contribution in [0.25, 0.3) is 0 Å². The Morgan fingerprint density at radius 1 is 1.07 bits per heavy atom. The molecule has 154 valence electrons. The molecule has 1 aliphatic heterocycles. The molecule has 6 nitrogen and oxygen atoms in total. The van der Waals surface area contributed by atoms with Crippen molar-refractivity contribution >= 4 is 12.2 Å². The van der Waals surface area contributed by atoms with Crippen molar-refractivity contribution in [2.24, 2.45) is 22.2 Å². The van der Waals surface area contributed by atoms with Crippen molar-refractivity contribution in [3.05, 3.63) is 35.9 Å². The van der Waals surface area contributed by atoms with Gasteiger partial charge in [0.1, 0.15) is 0 Å². The zero-order valence-corrected chi connectivity index (χ0v) is 17.6. The summed E-state index contributed by atoms with van der Waals surface area (Å²) in [6, 6.07) is 9.82. The standard InChI is InChI=1S/C22H32N2O4/c1-20(2,3)17-22(21(4,5)6)15(16(22)24(18(25)26)19(27)28)13-23(17)12-14-10-8-7-9-11-14/h7-11,15-17H,12-13H2,1-6H3,(H,25,26)(H,27,28)/t15-,16-,17?,22+/m0/s1. The number of nitrogens with zero attached hydrogens (tertiary/aromatic N) is 2. The van der Waals surface area contributed by atoms with Crippen molar-refractivity contribution in [3.63, 3.8) is 0 Å². The summed E-state index contributed by atoms with van der Waals surface area (Å²) in [6.45, 7) is 14.4. The van der Waals surface area contributed by atoms with Gasteiger partial charge in [0.05, 0.1) is 6.04 Å². The fraction of sp³-hybridized carbons (Fsp3) is 0.636. The first kappa shape index (κ1) is 20.6. The van der Waals surface area contributed by atoms with Crippen LogP contribution in [0.5, 0.6) is 0 Å². The molecule has 1 aromatic rings. The molecule has 2 amide bonds. The van der Waals surface area contributed by atoms with Crippen LogP contribution in [0.3, 0.4) is 0 Å². The van der Waals surface area contributed by atoms with Gasteiger partial charge in [0.2, 0.25) is 0 Å². The first-order valence-electron chi connectivity index (χ1n) is 9.86. The molecule has 0 aromatic heterocycles. The van der Waals surface area contributed by atoms with E-state index < -0.39 is 23.6 Å². The molecule has 3 rings (SSSR count). The topological polar surface area (TPSA) is 81.1 Å². The Labute approximate surface area is 167 Å². The summed E-state index contributed by atoms with van der Waals surface area (Å²) in [5.74, 6) is 0.00707. The number of fused-ring (bicyclic) bond motifs is 1. The number of rotatable bonds is 3. The average Bonchev–Trinajstić information content (AvgIpc) is 3.00. The van der Waals surface area contributed by atoms with Crippen molar-refractivity contribution in [1.82, 2.24) is 9.80 Å². The van der Waals surface area contributed by atoms with E-state index >= 15 is 0 Å². The predicted molar refractivity (Wildman–Crippen MR) is 107 cm³/mol. The number of hydrogen-bond acceptors (Lipinski definition) is 3. The molecule has 1 saturated carbocycles. The van der Waals surface area contributed by atoms with Gasteiger partial charge >= 0.3 is 12.2 Å². The van der Waals surface area contributed by atoms with Crippen molar-refractivity contribution in [3.8, 4) is 0 Å². The molecular weight excluding hydrogens is 356 g/mol. The molecule has 1 saturated heterocycles. The maximum atomic E-state index is 11.8. The van der Waals surface area contributed by atoms with Crippen LogP contribution in [0, 0.1) is 22.2 Å². The summed E-state index contributed by atoms with van der Waals surface area (Å²) in [5.41, 5.74) is 0.437. The second kappa shape index (κ2) is 6.48. The lowest BCUT2D eigenvalue weighted by Gasteiger charge is -2.48. The van der Waals surface area contributed by atoms with Crippen molar-refractivity contribution < 1.29 is 19.8 Å². The lowest BCUT2D eigenvalue weighted by atomic mass is 9.64. The predicted octanol–water partition coefficient (Wildman–Crippen LogP) is 4.61. The highest BCUT2D eigenvalue weighted by atomic mass is 16.4. The number of piperidine rings is 1. The summed E-state index contributed by atoms with van der Waals surface area (Å²) in [6.07, 6.45) is -2.75. The van der Waals surface area contributed by atoms with Gasteiger partial charge in [-0.15, -0.1) is 0 Å². The van der Waals surface area contributed by atoms with E-state index in [1.54, 1.807) is 0 Å². The molecule has 1 aliphatic carbocycles. The second-order valence-corrected chi connectivity index (χ2v) is 10.4. The van der Waals surface area contributed by atoms with Crippen LogP contribution in [-0.2, 0) is 6.54 Å². The summed E-state index contributed by atoms with van der Waals surface area (Å²) in [4.78, 5) is 26.7. The molecule has 28 heavy (non-hydrogen) atoms. The van der Waals surface area contributed by atoms with Gasteiger partial charge in [0, 0.05) is 30.5 Å². The van der Waals surface area contributed by atoms with Gasteiger partial charge in [0.15, 0.2) is 0 Å². The molecule has 2 fully saturated rings. The fourth-order valence-corrected chi connectivity index (χ4v) is 6.10. The third kappa shape index (κ3) is 2.98. The van der Waals surface area contributed by atoms with Gasteiger partial charge in [-0.3, -0.25) is 4.90 Å². The van der Waals surface area contributed by atoms with Crippen LogP contribution < -0.4 is 0 Å². The average molecular weight is 389 g/mol. The minimum absolute atomic E-state index is 0.00707. The maximum absolute atomic E-state index is 11.8. The Balaban J connectivity index is 2.05. The quantitative estimate of drug-likeness (QED) is 0.790.